The SMILES string of the molecule is Cc1cccc(CN2CCC(NC(=O)NCCN(C)c3ccccc3)CC2)c1. The van der Waals surface area contributed by atoms with Crippen molar-refractivity contribution in [3.63, 3.8) is 0 Å². The molecule has 0 radical (unpaired) electrons. The molecule has 0 saturated carbocycles. The zero-order valence-corrected chi connectivity index (χ0v) is 17.0. The highest BCUT2D eigenvalue weighted by Gasteiger charge is 2.20. The number of aryl methyl sites for hydroxylation is 1. The number of nitrogens with zero attached hydrogens (tertiary/aromatic N) is 2. The van der Waals surface area contributed by atoms with Gasteiger partial charge in [0.2, 0.25) is 0 Å². The van der Waals surface area contributed by atoms with Crippen LogP contribution in [-0.4, -0.2) is 50.2 Å². The third-order valence-corrected chi connectivity index (χ3v) is 5.34. The summed E-state index contributed by atoms with van der Waals surface area (Å²) in [7, 11) is 2.04. The summed E-state index contributed by atoms with van der Waals surface area (Å²) in [6.45, 7) is 6.59. The van der Waals surface area contributed by atoms with Crippen molar-refractivity contribution >= 4 is 11.7 Å². The molecule has 0 aromatic heterocycles. The Morgan fingerprint density at radius 1 is 1.11 bits per heavy atom. The van der Waals surface area contributed by atoms with Crippen LogP contribution in [0.4, 0.5) is 10.5 Å². The Balaban J connectivity index is 1.32. The maximum Gasteiger partial charge on any atom is 0.315 e. The number of carbonyl (C=O) groups excluding carboxylic acids is 1. The van der Waals surface area contributed by atoms with E-state index < -0.39 is 0 Å². The second-order valence-corrected chi connectivity index (χ2v) is 7.70. The molecule has 5 nitrogen and oxygen atoms in total. The molecule has 5 heteroatoms. The van der Waals surface area contributed by atoms with Crippen molar-refractivity contribution in [2.24, 2.45) is 0 Å². The lowest BCUT2D eigenvalue weighted by Crippen LogP contribution is -2.48. The van der Waals surface area contributed by atoms with E-state index in [1.807, 2.05) is 25.2 Å². The highest BCUT2D eigenvalue weighted by Crippen LogP contribution is 2.15. The molecule has 0 atom stereocenters. The number of para-hydroxylation sites is 1. The number of amides is 2. The summed E-state index contributed by atoms with van der Waals surface area (Å²) < 4.78 is 0. The minimum atomic E-state index is -0.0569. The number of piperidine rings is 1. The van der Waals surface area contributed by atoms with E-state index in [1.54, 1.807) is 0 Å². The standard InChI is InChI=1S/C23H32N4O/c1-19-7-6-8-20(17-19)18-27-14-11-21(12-15-27)25-23(28)24-13-16-26(2)22-9-4-3-5-10-22/h3-10,17,21H,11-16,18H2,1-2H3,(H2,24,25,28). The average molecular weight is 381 g/mol. The fourth-order valence-electron chi connectivity index (χ4n) is 3.69. The molecule has 1 aliphatic rings. The van der Waals surface area contributed by atoms with Crippen LogP contribution in [-0.2, 0) is 6.54 Å². The van der Waals surface area contributed by atoms with E-state index in [2.05, 4.69) is 63.8 Å². The number of likely N-dealkylation sites (N-methyl/N-ethyl adjacent to an activating group) is 1. The Morgan fingerprint density at radius 3 is 2.57 bits per heavy atom. The van der Waals surface area contributed by atoms with Gasteiger partial charge in [0, 0.05) is 51.5 Å². The molecule has 0 unspecified atom stereocenters. The molecule has 2 aromatic carbocycles. The predicted molar refractivity (Wildman–Crippen MR) is 116 cm³/mol. The number of hydrogen-bond donors (Lipinski definition) is 2. The lowest BCUT2D eigenvalue weighted by atomic mass is 10.0. The van der Waals surface area contributed by atoms with Gasteiger partial charge in [-0.25, -0.2) is 4.79 Å². The Kier molecular flexibility index (Phi) is 7.31. The number of anilines is 1. The molecule has 2 aromatic rings. The van der Waals surface area contributed by atoms with E-state index in [-0.39, 0.29) is 12.1 Å². The number of likely N-dealkylation sites (tertiary alicyclic amines) is 1. The van der Waals surface area contributed by atoms with Crippen LogP contribution >= 0.6 is 0 Å². The molecule has 0 spiro atoms. The number of rotatable bonds is 7. The number of carbonyl (C=O) groups is 1. The van der Waals surface area contributed by atoms with E-state index in [9.17, 15) is 4.79 Å². The van der Waals surface area contributed by atoms with Crippen molar-refractivity contribution in [2.45, 2.75) is 32.4 Å². The van der Waals surface area contributed by atoms with Crippen molar-refractivity contribution in [3.8, 4) is 0 Å². The van der Waals surface area contributed by atoms with Crippen LogP contribution in [0.5, 0.6) is 0 Å². The van der Waals surface area contributed by atoms with E-state index in [4.69, 9.17) is 0 Å². The van der Waals surface area contributed by atoms with E-state index in [0.717, 1.165) is 44.7 Å². The van der Waals surface area contributed by atoms with Crippen LogP contribution in [0, 0.1) is 6.92 Å². The second-order valence-electron chi connectivity index (χ2n) is 7.70. The molecule has 1 saturated heterocycles. The molecule has 1 heterocycles. The van der Waals surface area contributed by atoms with Gasteiger partial charge in [-0.2, -0.15) is 0 Å². The Bertz CT molecular complexity index is 741. The second kappa shape index (κ2) is 10.1. The van der Waals surface area contributed by atoms with Gasteiger partial charge in [0.1, 0.15) is 0 Å². The third-order valence-electron chi connectivity index (χ3n) is 5.34. The normalized spacial score (nSPS) is 15.2. The van der Waals surface area contributed by atoms with Crippen LogP contribution in [0.1, 0.15) is 24.0 Å². The smallest absolute Gasteiger partial charge is 0.315 e. The molecule has 0 aliphatic carbocycles. The molecular formula is C23H32N4O. The summed E-state index contributed by atoms with van der Waals surface area (Å²) in [5.41, 5.74) is 3.83. The quantitative estimate of drug-likeness (QED) is 0.774. The van der Waals surface area contributed by atoms with Gasteiger partial charge in [0.25, 0.3) is 0 Å². The zero-order chi connectivity index (χ0) is 19.8. The van der Waals surface area contributed by atoms with Gasteiger partial charge in [0.05, 0.1) is 0 Å². The number of nitrogens with one attached hydrogen (secondary N) is 2. The van der Waals surface area contributed by atoms with Crippen LogP contribution in [0.2, 0.25) is 0 Å². The number of urea groups is 1. The highest BCUT2D eigenvalue weighted by molar-refractivity contribution is 5.74. The summed E-state index contributed by atoms with van der Waals surface area (Å²) in [5.74, 6) is 0. The lowest BCUT2D eigenvalue weighted by molar-refractivity contribution is 0.186. The minimum absolute atomic E-state index is 0.0569. The fourth-order valence-corrected chi connectivity index (χ4v) is 3.69. The van der Waals surface area contributed by atoms with Crippen LogP contribution in [0.25, 0.3) is 0 Å². The highest BCUT2D eigenvalue weighted by atomic mass is 16.2. The molecule has 150 valence electrons. The minimum Gasteiger partial charge on any atom is -0.373 e. The average Bonchev–Trinajstić information content (AvgIpc) is 2.70. The Hall–Kier alpha value is -2.53. The van der Waals surface area contributed by atoms with Gasteiger partial charge in [-0.1, -0.05) is 48.0 Å². The van der Waals surface area contributed by atoms with Gasteiger partial charge in [0.15, 0.2) is 0 Å². The summed E-state index contributed by atoms with van der Waals surface area (Å²) in [6.07, 6.45) is 2.01. The van der Waals surface area contributed by atoms with Gasteiger partial charge in [-0.15, -0.1) is 0 Å². The molecule has 1 fully saturated rings. The summed E-state index contributed by atoms with van der Waals surface area (Å²) in [6, 6.07) is 19.1. The first-order valence-electron chi connectivity index (χ1n) is 10.2. The number of benzene rings is 2. The fraction of sp³-hybridized carbons (Fsp3) is 0.435. The zero-order valence-electron chi connectivity index (χ0n) is 17.0. The molecule has 2 N–H and O–H groups in total. The predicted octanol–water partition coefficient (Wildman–Crippen LogP) is 3.40. The van der Waals surface area contributed by atoms with Gasteiger partial charge >= 0.3 is 6.03 Å². The van der Waals surface area contributed by atoms with Crippen LogP contribution in [0.3, 0.4) is 0 Å². The first-order valence-corrected chi connectivity index (χ1v) is 10.2. The third kappa shape index (κ3) is 6.27. The summed E-state index contributed by atoms with van der Waals surface area (Å²) in [5, 5.41) is 6.11. The van der Waals surface area contributed by atoms with Gasteiger partial charge in [-0.3, -0.25) is 4.90 Å². The maximum atomic E-state index is 12.2. The van der Waals surface area contributed by atoms with Gasteiger partial charge in [-0.05, 0) is 37.5 Å². The first kappa shape index (κ1) is 20.2. The summed E-state index contributed by atoms with van der Waals surface area (Å²) >= 11 is 0. The topological polar surface area (TPSA) is 47.6 Å². The molecule has 28 heavy (non-hydrogen) atoms. The molecule has 0 bridgehead atoms. The Labute approximate surface area is 168 Å². The number of hydrogen-bond acceptors (Lipinski definition) is 3. The van der Waals surface area contributed by atoms with E-state index >= 15 is 0 Å². The van der Waals surface area contributed by atoms with Crippen molar-refractivity contribution in [1.29, 1.82) is 0 Å². The van der Waals surface area contributed by atoms with Crippen molar-refractivity contribution < 1.29 is 4.79 Å². The lowest BCUT2D eigenvalue weighted by Gasteiger charge is -2.32. The molecule has 1 aliphatic heterocycles. The van der Waals surface area contributed by atoms with Crippen molar-refractivity contribution in [2.75, 3.05) is 38.1 Å². The maximum absolute atomic E-state index is 12.2. The largest absolute Gasteiger partial charge is 0.373 e. The molecule has 3 rings (SSSR count). The Morgan fingerprint density at radius 2 is 1.86 bits per heavy atom. The monoisotopic (exact) mass is 380 g/mol. The van der Waals surface area contributed by atoms with E-state index in [0.29, 0.717) is 6.54 Å². The van der Waals surface area contributed by atoms with Gasteiger partial charge < -0.3 is 15.5 Å². The van der Waals surface area contributed by atoms with Crippen LogP contribution < -0.4 is 15.5 Å². The molecule has 2 amide bonds. The molecular weight excluding hydrogens is 348 g/mol. The van der Waals surface area contributed by atoms with Crippen molar-refractivity contribution in [1.82, 2.24) is 15.5 Å². The first-order chi connectivity index (χ1) is 13.6. The summed E-state index contributed by atoms with van der Waals surface area (Å²) in [4.78, 5) is 16.8. The van der Waals surface area contributed by atoms with Crippen LogP contribution in [0.15, 0.2) is 54.6 Å². The van der Waals surface area contributed by atoms with E-state index in [1.165, 1.54) is 11.1 Å². The van der Waals surface area contributed by atoms with Crippen molar-refractivity contribution in [3.05, 3.63) is 65.7 Å².